The first kappa shape index (κ1) is 15.7. The Morgan fingerprint density at radius 3 is 2.71 bits per heavy atom. The van der Waals surface area contributed by atoms with Gasteiger partial charge in [0.1, 0.15) is 17.3 Å². The van der Waals surface area contributed by atoms with Gasteiger partial charge in [-0.05, 0) is 55.9 Å². The molecule has 0 N–H and O–H groups in total. The minimum atomic E-state index is -0.496. The van der Waals surface area contributed by atoms with Crippen molar-refractivity contribution in [2.75, 3.05) is 7.11 Å². The first-order valence-corrected chi connectivity index (χ1v) is 7.73. The van der Waals surface area contributed by atoms with Gasteiger partial charge in [-0.2, -0.15) is 0 Å². The first-order chi connectivity index (χ1) is 10.0. The molecule has 2 rings (SSSR count). The molecule has 0 aromatic heterocycles. The van der Waals surface area contributed by atoms with Crippen LogP contribution in [0.25, 0.3) is 0 Å². The predicted molar refractivity (Wildman–Crippen MR) is 82.8 cm³/mol. The van der Waals surface area contributed by atoms with Crippen molar-refractivity contribution in [1.82, 2.24) is 0 Å². The monoisotopic (exact) mass is 288 g/mol. The van der Waals surface area contributed by atoms with E-state index in [2.05, 4.69) is 6.92 Å². The van der Waals surface area contributed by atoms with Crippen LogP contribution >= 0.6 is 0 Å². The number of benzene rings is 1. The van der Waals surface area contributed by atoms with Crippen molar-refractivity contribution in [2.24, 2.45) is 0 Å². The van der Waals surface area contributed by atoms with Crippen LogP contribution in [0.4, 0.5) is 0 Å². The second-order valence-corrected chi connectivity index (χ2v) is 5.94. The van der Waals surface area contributed by atoms with Crippen molar-refractivity contribution in [1.29, 1.82) is 0 Å². The maximum Gasteiger partial charge on any atom is 0.143 e. The summed E-state index contributed by atoms with van der Waals surface area (Å²) in [5, 5.41) is 0. The summed E-state index contributed by atoms with van der Waals surface area (Å²) in [5.41, 5.74) is 1.81. The van der Waals surface area contributed by atoms with Crippen molar-refractivity contribution < 1.29 is 14.3 Å². The third kappa shape index (κ3) is 3.02. The molecule has 1 aliphatic rings. The van der Waals surface area contributed by atoms with Crippen molar-refractivity contribution in [3.05, 3.63) is 29.3 Å². The van der Waals surface area contributed by atoms with E-state index >= 15 is 0 Å². The van der Waals surface area contributed by atoms with Gasteiger partial charge >= 0.3 is 0 Å². The Hall–Kier alpha value is -1.64. The molecule has 3 nitrogen and oxygen atoms in total. The van der Waals surface area contributed by atoms with Crippen LogP contribution in [-0.4, -0.2) is 18.7 Å². The molecule has 0 fully saturated rings. The molecule has 21 heavy (non-hydrogen) atoms. The number of aryl methyl sites for hydroxylation is 1. The molecule has 0 radical (unpaired) electrons. The Morgan fingerprint density at radius 2 is 2.10 bits per heavy atom. The van der Waals surface area contributed by atoms with Crippen LogP contribution in [0.15, 0.2) is 18.2 Å². The topological polar surface area (TPSA) is 43.4 Å². The molecule has 0 saturated heterocycles. The van der Waals surface area contributed by atoms with E-state index in [4.69, 9.17) is 4.74 Å². The maximum absolute atomic E-state index is 12.8. The van der Waals surface area contributed by atoms with Gasteiger partial charge in [0, 0.05) is 12.8 Å². The number of fused-ring (bicyclic) bond motifs is 1. The first-order valence-electron chi connectivity index (χ1n) is 7.73. The van der Waals surface area contributed by atoms with Gasteiger partial charge in [-0.15, -0.1) is 0 Å². The second-order valence-electron chi connectivity index (χ2n) is 5.94. The molecular formula is C18H24O3. The Labute approximate surface area is 126 Å². The summed E-state index contributed by atoms with van der Waals surface area (Å²) in [7, 11) is 1.66. The van der Waals surface area contributed by atoms with Crippen LogP contribution in [0.2, 0.25) is 0 Å². The predicted octanol–water partition coefficient (Wildman–Crippen LogP) is 3.62. The number of methoxy groups -OCH3 is 1. The number of ketones is 2. The number of Topliss-reactive ketones (excluding diaryl/α,β-unsaturated/α-hetero) is 2. The fourth-order valence-electron chi connectivity index (χ4n) is 3.43. The normalized spacial score (nSPS) is 21.6. The Balaban J connectivity index is 2.51. The van der Waals surface area contributed by atoms with E-state index in [9.17, 15) is 9.59 Å². The number of hydrogen-bond acceptors (Lipinski definition) is 3. The number of carbonyl (C=O) groups is 2. The van der Waals surface area contributed by atoms with Crippen LogP contribution in [-0.2, 0) is 21.4 Å². The van der Waals surface area contributed by atoms with Crippen molar-refractivity contribution in [2.45, 2.75) is 57.8 Å². The summed E-state index contributed by atoms with van der Waals surface area (Å²) in [6.07, 6.45) is 4.21. The summed E-state index contributed by atoms with van der Waals surface area (Å²) in [6, 6.07) is 6.00. The average molecular weight is 288 g/mol. The zero-order valence-corrected chi connectivity index (χ0v) is 13.2. The Bertz CT molecular complexity index is 547. The lowest BCUT2D eigenvalue weighted by atomic mass is 9.70. The van der Waals surface area contributed by atoms with Crippen LogP contribution in [0.1, 0.15) is 57.1 Å². The molecular weight excluding hydrogens is 264 g/mol. The molecule has 0 amide bonds. The zero-order chi connectivity index (χ0) is 15.5. The molecule has 0 aliphatic heterocycles. The molecule has 1 aliphatic carbocycles. The quantitative estimate of drug-likeness (QED) is 0.777. The fourth-order valence-corrected chi connectivity index (χ4v) is 3.43. The lowest BCUT2D eigenvalue weighted by Gasteiger charge is -2.32. The Kier molecular flexibility index (Phi) is 4.81. The number of ether oxygens (including phenoxy) is 1. The van der Waals surface area contributed by atoms with E-state index in [0.29, 0.717) is 19.3 Å². The van der Waals surface area contributed by atoms with Crippen LogP contribution < -0.4 is 4.74 Å². The highest BCUT2D eigenvalue weighted by Crippen LogP contribution is 2.41. The molecule has 0 saturated carbocycles. The number of rotatable bonds is 5. The van der Waals surface area contributed by atoms with Crippen LogP contribution in [0.3, 0.4) is 0 Å². The molecule has 0 bridgehead atoms. The number of hydrogen-bond donors (Lipinski definition) is 0. The third-order valence-corrected chi connectivity index (χ3v) is 4.72. The van der Waals surface area contributed by atoms with Gasteiger partial charge in [-0.3, -0.25) is 4.79 Å². The van der Waals surface area contributed by atoms with E-state index in [0.717, 1.165) is 30.6 Å². The van der Waals surface area contributed by atoms with Gasteiger partial charge in [0.05, 0.1) is 12.5 Å². The summed E-state index contributed by atoms with van der Waals surface area (Å²) < 4.78 is 5.31. The van der Waals surface area contributed by atoms with Gasteiger partial charge in [0.2, 0.25) is 0 Å². The summed E-state index contributed by atoms with van der Waals surface area (Å²) >= 11 is 0. The highest BCUT2D eigenvalue weighted by molar-refractivity contribution is 5.92. The van der Waals surface area contributed by atoms with Crippen molar-refractivity contribution in [3.63, 3.8) is 0 Å². The second kappa shape index (κ2) is 6.42. The lowest BCUT2D eigenvalue weighted by Crippen LogP contribution is -2.35. The average Bonchev–Trinajstić information content (AvgIpc) is 2.61. The molecule has 0 spiro atoms. The number of carbonyl (C=O) groups excluding carboxylic acids is 2. The molecule has 1 aromatic carbocycles. The van der Waals surface area contributed by atoms with Crippen molar-refractivity contribution >= 4 is 11.6 Å². The van der Waals surface area contributed by atoms with E-state index in [-0.39, 0.29) is 11.6 Å². The third-order valence-electron chi connectivity index (χ3n) is 4.72. The lowest BCUT2D eigenvalue weighted by molar-refractivity contribution is -0.125. The Morgan fingerprint density at radius 1 is 1.33 bits per heavy atom. The molecule has 1 atom stereocenters. The summed E-state index contributed by atoms with van der Waals surface area (Å²) in [4.78, 5) is 24.2. The maximum atomic E-state index is 12.8. The molecule has 0 heterocycles. The van der Waals surface area contributed by atoms with E-state index < -0.39 is 5.41 Å². The van der Waals surface area contributed by atoms with E-state index in [1.54, 1.807) is 14.0 Å². The van der Waals surface area contributed by atoms with Gasteiger partial charge in [0.15, 0.2) is 0 Å². The highest BCUT2D eigenvalue weighted by Gasteiger charge is 2.40. The van der Waals surface area contributed by atoms with Crippen molar-refractivity contribution in [3.8, 4) is 5.75 Å². The molecule has 114 valence electrons. The zero-order valence-electron chi connectivity index (χ0n) is 13.2. The van der Waals surface area contributed by atoms with E-state index in [1.807, 2.05) is 18.2 Å². The minimum absolute atomic E-state index is 0.148. The largest absolute Gasteiger partial charge is 0.497 e. The smallest absolute Gasteiger partial charge is 0.143 e. The van der Waals surface area contributed by atoms with Crippen LogP contribution in [0, 0.1) is 0 Å². The van der Waals surface area contributed by atoms with E-state index in [1.165, 1.54) is 5.56 Å². The molecule has 1 unspecified atom stereocenters. The highest BCUT2D eigenvalue weighted by atomic mass is 16.5. The van der Waals surface area contributed by atoms with Gasteiger partial charge in [0.25, 0.3) is 0 Å². The summed E-state index contributed by atoms with van der Waals surface area (Å²) in [6.45, 7) is 3.65. The standard InChI is InChI=1S/C18H24O3/c1-4-18(11-10-13(2)19)16-9-8-15(21-3)12-14(16)6-5-7-17(18)20/h8-9,12H,4-7,10-11H2,1-3H3. The molecule has 1 aromatic rings. The fraction of sp³-hybridized carbons (Fsp3) is 0.556. The van der Waals surface area contributed by atoms with Gasteiger partial charge < -0.3 is 9.53 Å². The van der Waals surface area contributed by atoms with Gasteiger partial charge in [-0.25, -0.2) is 0 Å². The summed E-state index contributed by atoms with van der Waals surface area (Å²) in [5.74, 6) is 1.27. The SMILES string of the molecule is CCC1(CCC(C)=O)C(=O)CCCc2cc(OC)ccc21. The minimum Gasteiger partial charge on any atom is -0.497 e. The van der Waals surface area contributed by atoms with Gasteiger partial charge in [-0.1, -0.05) is 13.0 Å². The van der Waals surface area contributed by atoms with Crippen LogP contribution in [0.5, 0.6) is 5.75 Å². The molecule has 3 heteroatoms.